The summed E-state index contributed by atoms with van der Waals surface area (Å²) in [6.45, 7) is 6.22. The molecule has 1 fully saturated rings. The minimum absolute atomic E-state index is 0.190. The minimum Gasteiger partial charge on any atom is -0.485 e. The minimum atomic E-state index is -0.632. The van der Waals surface area contributed by atoms with Crippen LogP contribution in [0.3, 0.4) is 0 Å². The third-order valence-corrected chi connectivity index (χ3v) is 2.85. The van der Waals surface area contributed by atoms with E-state index in [0.717, 1.165) is 0 Å². The van der Waals surface area contributed by atoms with E-state index in [1.165, 1.54) is 17.2 Å². The highest BCUT2D eigenvalue weighted by Crippen LogP contribution is 2.22. The van der Waals surface area contributed by atoms with E-state index >= 15 is 0 Å². The molecule has 1 aromatic heterocycles. The van der Waals surface area contributed by atoms with Crippen LogP contribution < -0.4 is 4.74 Å². The molecule has 0 N–H and O–H groups in total. The molecule has 0 radical (unpaired) electrons. The Bertz CT molecular complexity index is 513. The first kappa shape index (κ1) is 14.8. The fourth-order valence-corrected chi connectivity index (χ4v) is 1.75. The summed E-state index contributed by atoms with van der Waals surface area (Å²) in [4.78, 5) is 16.9. The molecule has 0 atom stereocenters. The van der Waals surface area contributed by atoms with Crippen LogP contribution in [0.5, 0.6) is 5.75 Å². The lowest BCUT2D eigenvalue weighted by Crippen LogP contribution is -2.57. The number of hydrogen-bond acceptors (Lipinski definition) is 4. The fraction of sp³-hybridized carbons (Fsp3) is 0.538. The van der Waals surface area contributed by atoms with Gasteiger partial charge < -0.3 is 14.4 Å². The predicted octanol–water partition coefficient (Wildman–Crippen LogP) is 2.87. The van der Waals surface area contributed by atoms with Crippen molar-refractivity contribution in [2.75, 3.05) is 13.1 Å². The third-order valence-electron chi connectivity index (χ3n) is 2.57. The van der Waals surface area contributed by atoms with Crippen molar-refractivity contribution in [1.29, 1.82) is 0 Å². The Balaban J connectivity index is 1.82. The first-order valence-corrected chi connectivity index (χ1v) is 6.58. The van der Waals surface area contributed by atoms with Crippen molar-refractivity contribution < 1.29 is 18.7 Å². The van der Waals surface area contributed by atoms with Crippen LogP contribution in [0.4, 0.5) is 9.18 Å². The topological polar surface area (TPSA) is 51.7 Å². The number of rotatable bonds is 2. The Morgan fingerprint density at radius 1 is 1.50 bits per heavy atom. The number of carbonyl (C=O) groups excluding carboxylic acids is 1. The van der Waals surface area contributed by atoms with Crippen LogP contribution in [-0.2, 0) is 4.74 Å². The predicted molar refractivity (Wildman–Crippen MR) is 71.4 cm³/mol. The maximum Gasteiger partial charge on any atom is 0.410 e. The van der Waals surface area contributed by atoms with E-state index in [4.69, 9.17) is 21.1 Å². The summed E-state index contributed by atoms with van der Waals surface area (Å²) in [6.07, 6.45) is 0.782. The molecule has 1 aliphatic rings. The van der Waals surface area contributed by atoms with Crippen LogP contribution in [0, 0.1) is 5.82 Å². The molecular weight excluding hydrogens is 287 g/mol. The normalized spacial score (nSPS) is 15.8. The SMILES string of the molecule is CC(C)(C)OC(=O)N1CC(Oc2cnc(Cl)c(F)c2)C1. The molecule has 1 aliphatic heterocycles. The Morgan fingerprint density at radius 3 is 2.70 bits per heavy atom. The summed E-state index contributed by atoms with van der Waals surface area (Å²) in [5, 5.41) is -0.193. The molecule has 1 aromatic rings. The van der Waals surface area contributed by atoms with E-state index in [1.807, 2.05) is 0 Å². The zero-order valence-electron chi connectivity index (χ0n) is 11.5. The Labute approximate surface area is 121 Å². The molecule has 2 heterocycles. The van der Waals surface area contributed by atoms with Crippen molar-refractivity contribution in [1.82, 2.24) is 9.88 Å². The maximum atomic E-state index is 13.2. The van der Waals surface area contributed by atoms with E-state index in [9.17, 15) is 9.18 Å². The van der Waals surface area contributed by atoms with E-state index in [0.29, 0.717) is 18.8 Å². The van der Waals surface area contributed by atoms with Crippen molar-refractivity contribution >= 4 is 17.7 Å². The van der Waals surface area contributed by atoms with Gasteiger partial charge in [0.1, 0.15) is 17.5 Å². The van der Waals surface area contributed by atoms with Gasteiger partial charge in [-0.3, -0.25) is 0 Å². The molecule has 110 valence electrons. The van der Waals surface area contributed by atoms with Gasteiger partial charge in [0.25, 0.3) is 0 Å². The number of halogens is 2. The Hall–Kier alpha value is -1.56. The summed E-state index contributed by atoms with van der Waals surface area (Å²) in [5.41, 5.74) is -0.522. The van der Waals surface area contributed by atoms with Gasteiger partial charge in [-0.1, -0.05) is 11.6 Å². The van der Waals surface area contributed by atoms with Crippen LogP contribution in [0.2, 0.25) is 5.15 Å². The second-order valence-electron chi connectivity index (χ2n) is 5.57. The molecule has 1 saturated heterocycles. The first-order valence-electron chi connectivity index (χ1n) is 6.20. The van der Waals surface area contributed by atoms with Crippen LogP contribution in [0.1, 0.15) is 20.8 Å². The second kappa shape index (κ2) is 5.44. The summed E-state index contributed by atoms with van der Waals surface area (Å²) in [5.74, 6) is -0.340. The molecule has 7 heteroatoms. The van der Waals surface area contributed by atoms with Crippen molar-refractivity contribution in [2.24, 2.45) is 0 Å². The zero-order chi connectivity index (χ0) is 14.9. The molecule has 0 aliphatic carbocycles. The van der Waals surface area contributed by atoms with Crippen molar-refractivity contribution in [3.63, 3.8) is 0 Å². The molecule has 5 nitrogen and oxygen atoms in total. The van der Waals surface area contributed by atoms with Gasteiger partial charge in [0.05, 0.1) is 19.3 Å². The molecule has 0 bridgehead atoms. The highest BCUT2D eigenvalue weighted by atomic mass is 35.5. The van der Waals surface area contributed by atoms with Crippen molar-refractivity contribution in [3.8, 4) is 5.75 Å². The van der Waals surface area contributed by atoms with Gasteiger partial charge in [-0.25, -0.2) is 14.2 Å². The summed E-state index contributed by atoms with van der Waals surface area (Å²) >= 11 is 5.48. The van der Waals surface area contributed by atoms with Crippen LogP contribution in [-0.4, -0.2) is 40.8 Å². The highest BCUT2D eigenvalue weighted by Gasteiger charge is 2.35. The quantitative estimate of drug-likeness (QED) is 0.788. The first-order chi connectivity index (χ1) is 9.24. The number of nitrogens with zero attached hydrogens (tertiary/aromatic N) is 2. The number of carbonyl (C=O) groups is 1. The van der Waals surface area contributed by atoms with Gasteiger partial charge in [-0.05, 0) is 20.8 Å². The largest absolute Gasteiger partial charge is 0.485 e. The van der Waals surface area contributed by atoms with Crippen LogP contribution >= 0.6 is 11.6 Å². The van der Waals surface area contributed by atoms with Gasteiger partial charge in [-0.15, -0.1) is 0 Å². The molecule has 1 amide bonds. The molecular formula is C13H16ClFN2O3. The van der Waals surface area contributed by atoms with Crippen LogP contribution in [0.15, 0.2) is 12.3 Å². The maximum absolute atomic E-state index is 13.2. The molecule has 0 unspecified atom stereocenters. The lowest BCUT2D eigenvalue weighted by molar-refractivity contribution is -0.0222. The Kier molecular flexibility index (Phi) is 4.04. The lowest BCUT2D eigenvalue weighted by Gasteiger charge is -2.39. The number of amides is 1. The number of aromatic nitrogens is 1. The van der Waals surface area contributed by atoms with Gasteiger partial charge in [0, 0.05) is 6.07 Å². The van der Waals surface area contributed by atoms with E-state index in [2.05, 4.69) is 4.98 Å². The van der Waals surface area contributed by atoms with E-state index < -0.39 is 11.4 Å². The average molecular weight is 303 g/mol. The smallest absolute Gasteiger partial charge is 0.410 e. The average Bonchev–Trinajstić information content (AvgIpc) is 2.25. The van der Waals surface area contributed by atoms with Gasteiger partial charge in [-0.2, -0.15) is 0 Å². The molecule has 0 saturated carbocycles. The number of ether oxygens (including phenoxy) is 2. The standard InChI is InChI=1S/C13H16ClFN2O3/c1-13(2,3)20-12(18)17-6-9(7-17)19-8-4-10(15)11(14)16-5-8/h4-5,9H,6-7H2,1-3H3. The summed E-state index contributed by atoms with van der Waals surface area (Å²) in [7, 11) is 0. The number of likely N-dealkylation sites (tertiary alicyclic amines) is 1. The fourth-order valence-electron chi connectivity index (χ4n) is 1.65. The lowest BCUT2D eigenvalue weighted by atomic mass is 10.1. The van der Waals surface area contributed by atoms with E-state index in [-0.39, 0.29) is 17.4 Å². The molecule has 0 spiro atoms. The number of pyridine rings is 1. The monoisotopic (exact) mass is 302 g/mol. The van der Waals surface area contributed by atoms with Gasteiger partial charge in [0.15, 0.2) is 11.0 Å². The second-order valence-corrected chi connectivity index (χ2v) is 5.93. The molecule has 2 rings (SSSR count). The number of hydrogen-bond donors (Lipinski definition) is 0. The van der Waals surface area contributed by atoms with E-state index in [1.54, 1.807) is 20.8 Å². The molecule has 0 aromatic carbocycles. The third kappa shape index (κ3) is 3.72. The summed E-state index contributed by atoms with van der Waals surface area (Å²) < 4.78 is 23.9. The Morgan fingerprint density at radius 2 is 2.15 bits per heavy atom. The van der Waals surface area contributed by atoms with Crippen LogP contribution in [0.25, 0.3) is 0 Å². The van der Waals surface area contributed by atoms with Crippen molar-refractivity contribution in [2.45, 2.75) is 32.5 Å². The summed E-state index contributed by atoms with van der Waals surface area (Å²) in [6, 6.07) is 1.17. The van der Waals surface area contributed by atoms with Crippen molar-refractivity contribution in [3.05, 3.63) is 23.2 Å². The zero-order valence-corrected chi connectivity index (χ0v) is 12.3. The van der Waals surface area contributed by atoms with Gasteiger partial charge >= 0.3 is 6.09 Å². The highest BCUT2D eigenvalue weighted by molar-refractivity contribution is 6.29. The molecule has 20 heavy (non-hydrogen) atoms. The van der Waals surface area contributed by atoms with Gasteiger partial charge in [0.2, 0.25) is 0 Å².